The fourth-order valence-corrected chi connectivity index (χ4v) is 4.34. The van der Waals surface area contributed by atoms with E-state index in [1.807, 2.05) is 48.5 Å². The number of hydrogen-bond acceptors (Lipinski definition) is 5. The fraction of sp³-hybridized carbons (Fsp3) is 0.0333. The highest BCUT2D eigenvalue weighted by Crippen LogP contribution is 2.24. The molecule has 5 aromatic rings. The molecule has 1 aromatic heterocycles. The molecule has 202 valence electrons. The molecule has 0 bridgehead atoms. The Morgan fingerprint density at radius 1 is 0.750 bits per heavy atom. The third-order valence-electron chi connectivity index (χ3n) is 5.67. The lowest BCUT2D eigenvalue weighted by Crippen LogP contribution is -2.20. The number of aromatic carboxylic acids is 1. The Morgan fingerprint density at radius 3 is 2.00 bits per heavy atom. The Kier molecular flexibility index (Phi) is 8.60. The molecular formula is C30H22F2N2O5S. The SMILES string of the molecule is O=C(O)c1cc(-c2ccccc2)nc2ccccc12.O=C(c1ccccc1)c1cccc(NS(=O)(=O)C(F)F)c1. The predicted molar refractivity (Wildman–Crippen MR) is 149 cm³/mol. The maximum Gasteiger partial charge on any atom is 0.355 e. The van der Waals surface area contributed by atoms with Crippen LogP contribution >= 0.6 is 0 Å². The number of ketones is 1. The molecular weight excluding hydrogens is 538 g/mol. The number of nitrogens with zero attached hydrogens (tertiary/aromatic N) is 1. The van der Waals surface area contributed by atoms with E-state index in [1.165, 1.54) is 24.3 Å². The van der Waals surface area contributed by atoms with Crippen molar-refractivity contribution in [3.63, 3.8) is 0 Å². The van der Waals surface area contributed by atoms with E-state index in [1.54, 1.807) is 47.2 Å². The highest BCUT2D eigenvalue weighted by Gasteiger charge is 2.24. The van der Waals surface area contributed by atoms with Crippen LogP contribution in [0.2, 0.25) is 0 Å². The number of carbonyl (C=O) groups excluding carboxylic acids is 1. The van der Waals surface area contributed by atoms with Gasteiger partial charge < -0.3 is 5.11 Å². The summed E-state index contributed by atoms with van der Waals surface area (Å²) < 4.78 is 48.6. The summed E-state index contributed by atoms with van der Waals surface area (Å²) in [6.07, 6.45) is 0. The summed E-state index contributed by atoms with van der Waals surface area (Å²) in [5.41, 5.74) is 3.11. The van der Waals surface area contributed by atoms with Gasteiger partial charge >= 0.3 is 11.7 Å². The number of carbonyl (C=O) groups is 2. The molecule has 2 N–H and O–H groups in total. The number of nitrogens with one attached hydrogen (secondary N) is 1. The van der Waals surface area contributed by atoms with E-state index in [2.05, 4.69) is 4.98 Å². The number of sulfonamides is 1. The first-order chi connectivity index (χ1) is 19.2. The van der Waals surface area contributed by atoms with Crippen LogP contribution in [0, 0.1) is 0 Å². The minimum atomic E-state index is -4.75. The molecule has 1 heterocycles. The number of benzene rings is 4. The van der Waals surface area contributed by atoms with E-state index in [-0.39, 0.29) is 22.6 Å². The van der Waals surface area contributed by atoms with Gasteiger partial charge in [-0.2, -0.15) is 8.78 Å². The van der Waals surface area contributed by atoms with E-state index in [0.717, 1.165) is 5.56 Å². The van der Waals surface area contributed by atoms with Gasteiger partial charge in [-0.1, -0.05) is 91.0 Å². The number of carboxylic acids is 1. The normalized spacial score (nSPS) is 11.0. The highest BCUT2D eigenvalue weighted by atomic mass is 32.2. The van der Waals surface area contributed by atoms with Gasteiger partial charge in [-0.3, -0.25) is 9.52 Å². The summed E-state index contributed by atoms with van der Waals surface area (Å²) in [6.45, 7) is 0. The summed E-state index contributed by atoms with van der Waals surface area (Å²) in [5, 5.41) is 9.99. The summed E-state index contributed by atoms with van der Waals surface area (Å²) in [5.74, 6) is -4.80. The van der Waals surface area contributed by atoms with Gasteiger partial charge in [0, 0.05) is 27.8 Å². The third kappa shape index (κ3) is 6.72. The van der Waals surface area contributed by atoms with Crippen molar-refractivity contribution in [1.82, 2.24) is 4.98 Å². The molecule has 0 aliphatic heterocycles. The quantitative estimate of drug-likeness (QED) is 0.220. The number of fused-ring (bicyclic) bond motifs is 1. The number of para-hydroxylation sites is 1. The topological polar surface area (TPSA) is 113 Å². The van der Waals surface area contributed by atoms with Crippen molar-refractivity contribution in [2.45, 2.75) is 5.76 Å². The zero-order chi connectivity index (χ0) is 28.7. The molecule has 5 rings (SSSR count). The lowest BCUT2D eigenvalue weighted by atomic mass is 10.0. The third-order valence-corrected chi connectivity index (χ3v) is 6.66. The lowest BCUT2D eigenvalue weighted by Gasteiger charge is -2.08. The Balaban J connectivity index is 0.000000186. The molecule has 0 aliphatic rings. The first-order valence-electron chi connectivity index (χ1n) is 11.8. The van der Waals surface area contributed by atoms with Crippen molar-refractivity contribution in [3.05, 3.63) is 132 Å². The number of aromatic nitrogens is 1. The van der Waals surface area contributed by atoms with Crippen LogP contribution in [-0.2, 0) is 10.0 Å². The van der Waals surface area contributed by atoms with Crippen LogP contribution in [0.15, 0.2) is 115 Å². The standard InChI is InChI=1S/C16H11NO2.C14H11F2NO3S/c18-16(19)13-10-15(11-6-2-1-3-7-11)17-14-9-5-4-8-12(13)14;15-14(16)21(19,20)17-12-8-4-7-11(9-12)13(18)10-5-2-1-3-6-10/h1-10H,(H,18,19);1-9,14,17H. The average Bonchev–Trinajstić information content (AvgIpc) is 2.97. The van der Waals surface area contributed by atoms with E-state index in [0.29, 0.717) is 22.2 Å². The van der Waals surface area contributed by atoms with Crippen LogP contribution in [0.1, 0.15) is 26.3 Å². The zero-order valence-electron chi connectivity index (χ0n) is 20.7. The van der Waals surface area contributed by atoms with Gasteiger partial charge in [-0.05, 0) is 24.3 Å². The number of pyridine rings is 1. The second kappa shape index (κ2) is 12.3. The Hall–Kier alpha value is -4.96. The van der Waals surface area contributed by atoms with Crippen molar-refractivity contribution in [1.29, 1.82) is 0 Å². The van der Waals surface area contributed by atoms with Gasteiger partial charge in [-0.15, -0.1) is 0 Å². The van der Waals surface area contributed by atoms with E-state index in [9.17, 15) is 31.9 Å². The van der Waals surface area contributed by atoms with Gasteiger partial charge in [0.2, 0.25) is 0 Å². The second-order valence-electron chi connectivity index (χ2n) is 8.43. The van der Waals surface area contributed by atoms with Crippen molar-refractivity contribution in [2.75, 3.05) is 4.72 Å². The van der Waals surface area contributed by atoms with Crippen molar-refractivity contribution < 1.29 is 31.9 Å². The molecule has 0 saturated carbocycles. The molecule has 0 spiro atoms. The molecule has 0 saturated heterocycles. The monoisotopic (exact) mass is 560 g/mol. The maximum atomic E-state index is 12.3. The average molecular weight is 561 g/mol. The molecule has 0 aliphatic carbocycles. The summed E-state index contributed by atoms with van der Waals surface area (Å²) >= 11 is 0. The molecule has 0 amide bonds. The van der Waals surface area contributed by atoms with Gasteiger partial charge in [-0.25, -0.2) is 18.2 Å². The van der Waals surface area contributed by atoms with Crippen molar-refractivity contribution >= 4 is 38.4 Å². The van der Waals surface area contributed by atoms with Crippen molar-refractivity contribution in [2.24, 2.45) is 0 Å². The minimum absolute atomic E-state index is 0.0860. The largest absolute Gasteiger partial charge is 0.478 e. The molecule has 0 unspecified atom stereocenters. The maximum absolute atomic E-state index is 12.3. The number of alkyl halides is 2. The highest BCUT2D eigenvalue weighted by molar-refractivity contribution is 7.93. The molecule has 10 heteroatoms. The summed E-state index contributed by atoms with van der Waals surface area (Å²) in [4.78, 5) is 28.1. The first-order valence-corrected chi connectivity index (χ1v) is 13.4. The second-order valence-corrected chi connectivity index (χ2v) is 10.1. The van der Waals surface area contributed by atoms with Crippen LogP contribution in [-0.4, -0.2) is 36.0 Å². The predicted octanol–water partition coefficient (Wildman–Crippen LogP) is 6.48. The molecule has 0 fully saturated rings. The number of hydrogen-bond donors (Lipinski definition) is 2. The van der Waals surface area contributed by atoms with Crippen molar-refractivity contribution in [3.8, 4) is 11.3 Å². The van der Waals surface area contributed by atoms with Crippen LogP contribution in [0.3, 0.4) is 0 Å². The number of halogens is 2. The molecule has 0 atom stereocenters. The first kappa shape index (κ1) is 28.1. The van der Waals surface area contributed by atoms with Crippen LogP contribution in [0.4, 0.5) is 14.5 Å². The van der Waals surface area contributed by atoms with E-state index < -0.39 is 21.8 Å². The zero-order valence-corrected chi connectivity index (χ0v) is 21.6. The fourth-order valence-electron chi connectivity index (χ4n) is 3.80. The van der Waals surface area contributed by atoms with Gasteiger partial charge in [0.1, 0.15) is 0 Å². The molecule has 7 nitrogen and oxygen atoms in total. The smallest absolute Gasteiger partial charge is 0.355 e. The minimum Gasteiger partial charge on any atom is -0.478 e. The number of anilines is 1. The van der Waals surface area contributed by atoms with Crippen LogP contribution in [0.5, 0.6) is 0 Å². The van der Waals surface area contributed by atoms with Gasteiger partial charge in [0.05, 0.1) is 16.8 Å². The Labute approximate surface area is 228 Å². The Bertz CT molecular complexity index is 1760. The molecule has 0 radical (unpaired) electrons. The number of carboxylic acid groups (broad SMARTS) is 1. The molecule has 40 heavy (non-hydrogen) atoms. The Morgan fingerprint density at radius 2 is 1.35 bits per heavy atom. The van der Waals surface area contributed by atoms with Gasteiger partial charge in [0.25, 0.3) is 10.0 Å². The lowest BCUT2D eigenvalue weighted by molar-refractivity contribution is 0.0698. The number of rotatable bonds is 7. The van der Waals surface area contributed by atoms with Crippen LogP contribution < -0.4 is 4.72 Å². The summed E-state index contributed by atoms with van der Waals surface area (Å²) in [7, 11) is -4.75. The van der Waals surface area contributed by atoms with Crippen LogP contribution in [0.25, 0.3) is 22.2 Å². The van der Waals surface area contributed by atoms with E-state index >= 15 is 0 Å². The summed E-state index contributed by atoms with van der Waals surface area (Å²) in [6, 6.07) is 32.2. The van der Waals surface area contributed by atoms with E-state index in [4.69, 9.17) is 0 Å². The molecule has 4 aromatic carbocycles. The van der Waals surface area contributed by atoms with Gasteiger partial charge in [0.15, 0.2) is 5.78 Å².